The van der Waals surface area contributed by atoms with Crippen LogP contribution in [-0.4, -0.2) is 9.38 Å². The van der Waals surface area contributed by atoms with Gasteiger partial charge in [-0.3, -0.25) is 0 Å². The van der Waals surface area contributed by atoms with Crippen molar-refractivity contribution < 1.29 is 0 Å². The van der Waals surface area contributed by atoms with Gasteiger partial charge in [0.2, 0.25) is 0 Å². The largest absolute Gasteiger partial charge is 0.382 e. The molecule has 0 saturated heterocycles. The molecule has 0 amide bonds. The number of rotatable bonds is 0. The summed E-state index contributed by atoms with van der Waals surface area (Å²) in [6.45, 7) is 6.57. The van der Waals surface area contributed by atoms with Gasteiger partial charge in [0.25, 0.3) is 0 Å². The Balaban J connectivity index is 2.63. The maximum atomic E-state index is 5.70. The lowest BCUT2D eigenvalue weighted by molar-refractivity contribution is 0.586. The van der Waals surface area contributed by atoms with Gasteiger partial charge in [0.05, 0.1) is 5.52 Å². The number of nitrogens with two attached hydrogens (primary N) is 1. The third kappa shape index (κ3) is 1.35. The van der Waals surface area contributed by atoms with E-state index in [0.717, 1.165) is 5.52 Å². The van der Waals surface area contributed by atoms with Crippen molar-refractivity contribution in [1.82, 2.24) is 9.38 Å². The Bertz CT molecular complexity index is 463. The molecule has 0 aliphatic rings. The number of imidazole rings is 1. The molecule has 2 rings (SSSR count). The van der Waals surface area contributed by atoms with Gasteiger partial charge in [0, 0.05) is 6.20 Å². The molecule has 0 atom stereocenters. The average Bonchev–Trinajstić information content (AvgIpc) is 2.46. The van der Waals surface area contributed by atoms with E-state index >= 15 is 0 Å². The van der Waals surface area contributed by atoms with Crippen molar-refractivity contribution in [2.75, 3.05) is 5.73 Å². The van der Waals surface area contributed by atoms with Crippen LogP contribution in [0.3, 0.4) is 0 Å². The summed E-state index contributed by atoms with van der Waals surface area (Å²) >= 11 is 0. The van der Waals surface area contributed by atoms with Crippen molar-refractivity contribution in [2.24, 2.45) is 0 Å². The summed E-state index contributed by atoms with van der Waals surface area (Å²) in [4.78, 5) is 4.06. The van der Waals surface area contributed by atoms with Crippen molar-refractivity contribution in [3.05, 3.63) is 30.2 Å². The molecule has 0 radical (unpaired) electrons. The van der Waals surface area contributed by atoms with Crippen LogP contribution < -0.4 is 5.73 Å². The van der Waals surface area contributed by atoms with E-state index in [0.29, 0.717) is 5.82 Å². The number of aromatic nitrogens is 2. The van der Waals surface area contributed by atoms with Gasteiger partial charge < -0.3 is 10.1 Å². The zero-order valence-electron chi connectivity index (χ0n) is 8.78. The van der Waals surface area contributed by atoms with Gasteiger partial charge >= 0.3 is 0 Å². The lowest BCUT2D eigenvalue weighted by atomic mass is 9.88. The van der Waals surface area contributed by atoms with Gasteiger partial charge in [-0.25, -0.2) is 4.98 Å². The van der Waals surface area contributed by atoms with Crippen LogP contribution in [-0.2, 0) is 5.41 Å². The molecule has 0 bridgehead atoms. The first-order valence-electron chi connectivity index (χ1n) is 4.71. The highest BCUT2D eigenvalue weighted by atomic mass is 15.0. The molecule has 0 saturated carbocycles. The molecule has 2 aromatic rings. The van der Waals surface area contributed by atoms with Crippen molar-refractivity contribution >= 4 is 11.3 Å². The van der Waals surface area contributed by atoms with Crippen molar-refractivity contribution in [1.29, 1.82) is 0 Å². The summed E-state index contributed by atoms with van der Waals surface area (Å²) in [6.07, 6.45) is 3.83. The highest BCUT2D eigenvalue weighted by Gasteiger charge is 2.14. The number of nitrogen functional groups attached to an aromatic ring is 1. The van der Waals surface area contributed by atoms with Crippen LogP contribution in [0.1, 0.15) is 26.3 Å². The predicted molar refractivity (Wildman–Crippen MR) is 58.3 cm³/mol. The third-order valence-electron chi connectivity index (χ3n) is 2.43. The molecule has 0 aliphatic heterocycles. The first-order chi connectivity index (χ1) is 6.48. The predicted octanol–water partition coefficient (Wildman–Crippen LogP) is 2.21. The molecular formula is C11H15N3. The Morgan fingerprint density at radius 2 is 2.00 bits per heavy atom. The third-order valence-corrected chi connectivity index (χ3v) is 2.43. The number of hydrogen-bond acceptors (Lipinski definition) is 2. The number of nitrogens with zero attached hydrogens (tertiary/aromatic N) is 2. The maximum absolute atomic E-state index is 5.70. The number of pyridine rings is 1. The molecule has 14 heavy (non-hydrogen) atoms. The fourth-order valence-electron chi connectivity index (χ4n) is 1.46. The Kier molecular flexibility index (Phi) is 1.77. The summed E-state index contributed by atoms with van der Waals surface area (Å²) in [5.74, 6) is 0.588. The van der Waals surface area contributed by atoms with Crippen LogP contribution in [0.2, 0.25) is 0 Å². The van der Waals surface area contributed by atoms with Gasteiger partial charge in [0.15, 0.2) is 0 Å². The second kappa shape index (κ2) is 2.74. The number of anilines is 1. The summed E-state index contributed by atoms with van der Waals surface area (Å²) in [5, 5.41) is 0. The van der Waals surface area contributed by atoms with Gasteiger partial charge in [-0.2, -0.15) is 0 Å². The monoisotopic (exact) mass is 189 g/mol. The second-order valence-electron chi connectivity index (χ2n) is 4.59. The zero-order valence-corrected chi connectivity index (χ0v) is 8.78. The molecule has 2 N–H and O–H groups in total. The molecule has 0 aliphatic carbocycles. The molecule has 3 nitrogen and oxygen atoms in total. The smallest absolute Gasteiger partial charge is 0.149 e. The minimum absolute atomic E-state index is 0.160. The zero-order chi connectivity index (χ0) is 10.3. The minimum atomic E-state index is 0.160. The van der Waals surface area contributed by atoms with E-state index in [4.69, 9.17) is 5.73 Å². The lowest BCUT2D eigenvalue weighted by Crippen LogP contribution is -2.11. The van der Waals surface area contributed by atoms with Crippen molar-refractivity contribution in [3.8, 4) is 0 Å². The van der Waals surface area contributed by atoms with Crippen LogP contribution >= 0.6 is 0 Å². The van der Waals surface area contributed by atoms with E-state index in [1.807, 2.05) is 10.5 Å². The van der Waals surface area contributed by atoms with E-state index in [9.17, 15) is 0 Å². The summed E-state index contributed by atoms with van der Waals surface area (Å²) in [5.41, 5.74) is 8.11. The SMILES string of the molecule is CC(C)(C)c1ccc2c(N)ncn2c1. The van der Waals surface area contributed by atoms with Gasteiger partial charge in [-0.15, -0.1) is 0 Å². The molecule has 0 aromatic carbocycles. The van der Waals surface area contributed by atoms with E-state index < -0.39 is 0 Å². The van der Waals surface area contributed by atoms with Gasteiger partial charge in [-0.1, -0.05) is 26.8 Å². The summed E-state index contributed by atoms with van der Waals surface area (Å²) in [7, 11) is 0. The Morgan fingerprint density at radius 1 is 1.29 bits per heavy atom. The Labute approximate surface area is 83.6 Å². The second-order valence-corrected chi connectivity index (χ2v) is 4.59. The van der Waals surface area contributed by atoms with Crippen LogP contribution in [0.5, 0.6) is 0 Å². The van der Waals surface area contributed by atoms with Crippen molar-refractivity contribution in [3.63, 3.8) is 0 Å². The molecule has 3 heteroatoms. The van der Waals surface area contributed by atoms with Crippen LogP contribution in [0.15, 0.2) is 24.7 Å². The van der Waals surface area contributed by atoms with Crippen molar-refractivity contribution in [2.45, 2.75) is 26.2 Å². The van der Waals surface area contributed by atoms with Gasteiger partial charge in [0.1, 0.15) is 12.1 Å². The molecule has 2 heterocycles. The molecule has 2 aromatic heterocycles. The fourth-order valence-corrected chi connectivity index (χ4v) is 1.46. The standard InChI is InChI=1S/C11H15N3/c1-11(2,3)8-4-5-9-10(12)13-7-14(9)6-8/h4-7H,12H2,1-3H3. The summed E-state index contributed by atoms with van der Waals surface area (Å²) < 4.78 is 1.97. The van der Waals surface area contributed by atoms with Crippen LogP contribution in [0, 0.1) is 0 Å². The minimum Gasteiger partial charge on any atom is -0.382 e. The fraction of sp³-hybridized carbons (Fsp3) is 0.364. The molecular weight excluding hydrogens is 174 g/mol. The average molecular weight is 189 g/mol. The van der Waals surface area contributed by atoms with Crippen LogP contribution in [0.4, 0.5) is 5.82 Å². The van der Waals surface area contributed by atoms with E-state index in [1.54, 1.807) is 6.33 Å². The first-order valence-corrected chi connectivity index (χ1v) is 4.71. The van der Waals surface area contributed by atoms with E-state index in [2.05, 4.69) is 38.0 Å². The van der Waals surface area contributed by atoms with Crippen LogP contribution in [0.25, 0.3) is 5.52 Å². The number of hydrogen-bond donors (Lipinski definition) is 1. The first kappa shape index (κ1) is 9.06. The van der Waals surface area contributed by atoms with E-state index in [1.165, 1.54) is 5.56 Å². The Morgan fingerprint density at radius 3 is 2.64 bits per heavy atom. The maximum Gasteiger partial charge on any atom is 0.149 e. The highest BCUT2D eigenvalue weighted by molar-refractivity contribution is 5.65. The molecule has 0 fully saturated rings. The molecule has 0 unspecified atom stereocenters. The normalized spacial score (nSPS) is 12.2. The molecule has 74 valence electrons. The van der Waals surface area contributed by atoms with Gasteiger partial charge in [-0.05, 0) is 17.0 Å². The molecule has 0 spiro atoms. The highest BCUT2D eigenvalue weighted by Crippen LogP contribution is 2.23. The lowest BCUT2D eigenvalue weighted by Gasteiger charge is -2.18. The topological polar surface area (TPSA) is 43.3 Å². The Hall–Kier alpha value is -1.51. The summed E-state index contributed by atoms with van der Waals surface area (Å²) in [6, 6.07) is 4.12. The number of fused-ring (bicyclic) bond motifs is 1. The van der Waals surface area contributed by atoms with E-state index in [-0.39, 0.29) is 5.41 Å². The quantitative estimate of drug-likeness (QED) is 0.690.